The summed E-state index contributed by atoms with van der Waals surface area (Å²) in [6.07, 6.45) is 1.63. The second-order valence-electron chi connectivity index (χ2n) is 6.15. The Labute approximate surface area is 170 Å². The van der Waals surface area contributed by atoms with Crippen molar-refractivity contribution < 1.29 is 22.3 Å². The number of benzene rings is 2. The lowest BCUT2D eigenvalue weighted by Crippen LogP contribution is -2.16. The first-order valence-electron chi connectivity index (χ1n) is 8.64. The number of nitro groups is 1. The van der Waals surface area contributed by atoms with E-state index in [2.05, 4.69) is 14.9 Å². The maximum Gasteiger partial charge on any atom is 0.289 e. The van der Waals surface area contributed by atoms with Crippen molar-refractivity contribution in [2.45, 2.75) is 11.3 Å². The lowest BCUT2D eigenvalue weighted by Gasteiger charge is -2.11. The second-order valence-corrected chi connectivity index (χ2v) is 7.80. The molecule has 1 N–H and O–H groups in total. The molecule has 0 unspecified atom stereocenters. The number of rotatable bonds is 7. The van der Waals surface area contributed by atoms with Crippen LogP contribution in [0.3, 0.4) is 0 Å². The maximum absolute atomic E-state index is 12.8. The van der Waals surface area contributed by atoms with Crippen LogP contribution in [0.4, 0.5) is 11.4 Å². The van der Waals surface area contributed by atoms with E-state index in [4.69, 9.17) is 8.94 Å². The molecule has 4 rings (SSSR count). The molecule has 0 saturated carbocycles. The van der Waals surface area contributed by atoms with Gasteiger partial charge in [-0.1, -0.05) is 35.5 Å². The second kappa shape index (κ2) is 7.79. The minimum atomic E-state index is -4.21. The van der Waals surface area contributed by atoms with Crippen molar-refractivity contribution in [1.82, 2.24) is 10.1 Å². The molecule has 0 fully saturated rings. The fourth-order valence-electron chi connectivity index (χ4n) is 2.80. The van der Waals surface area contributed by atoms with E-state index < -0.39 is 25.5 Å². The highest BCUT2D eigenvalue weighted by Gasteiger charge is 2.26. The number of hydrogen-bond donors (Lipinski definition) is 1. The zero-order valence-corrected chi connectivity index (χ0v) is 16.1. The predicted molar refractivity (Wildman–Crippen MR) is 105 cm³/mol. The van der Waals surface area contributed by atoms with Gasteiger partial charge in [-0.2, -0.15) is 4.98 Å². The molecule has 0 saturated heterocycles. The summed E-state index contributed by atoms with van der Waals surface area (Å²) in [4.78, 5) is 14.3. The van der Waals surface area contributed by atoms with E-state index in [-0.39, 0.29) is 23.8 Å². The van der Waals surface area contributed by atoms with Gasteiger partial charge in [0.05, 0.1) is 23.3 Å². The number of anilines is 1. The number of aromatic nitrogens is 2. The van der Waals surface area contributed by atoms with Crippen molar-refractivity contribution in [3.8, 4) is 11.6 Å². The average molecular weight is 426 g/mol. The minimum Gasteiger partial charge on any atom is -0.461 e. The Hall–Kier alpha value is -3.99. The first kappa shape index (κ1) is 19.3. The summed E-state index contributed by atoms with van der Waals surface area (Å²) in [5, 5.41) is 15.1. The highest BCUT2D eigenvalue weighted by Crippen LogP contribution is 2.27. The molecule has 4 aromatic rings. The number of sulfonamides is 1. The van der Waals surface area contributed by atoms with E-state index in [1.165, 1.54) is 24.5 Å². The molecule has 0 amide bonds. The maximum atomic E-state index is 12.8. The molecule has 2 heterocycles. The van der Waals surface area contributed by atoms with Gasteiger partial charge in [-0.25, -0.2) is 8.42 Å². The van der Waals surface area contributed by atoms with E-state index in [1.54, 1.807) is 36.4 Å². The third kappa shape index (κ3) is 3.91. The Kier molecular flexibility index (Phi) is 5.02. The zero-order chi connectivity index (χ0) is 21.1. The SMILES string of the molecule is O=[N+]([O-])c1ccccc1S(=O)(=O)Nc1ccccc1Cc1nc(-c2ccco2)no1. The molecule has 2 aromatic carbocycles. The third-order valence-corrected chi connectivity index (χ3v) is 5.58. The van der Waals surface area contributed by atoms with Gasteiger partial charge < -0.3 is 8.94 Å². The first-order chi connectivity index (χ1) is 14.4. The molecule has 0 bridgehead atoms. The smallest absolute Gasteiger partial charge is 0.289 e. The van der Waals surface area contributed by atoms with Crippen molar-refractivity contribution in [3.05, 3.63) is 88.5 Å². The standard InChI is InChI=1S/C19H14N4O6S/c24-23(25)15-8-3-4-10-17(15)30(26,27)22-14-7-2-1-6-13(14)12-18-20-19(21-29-18)16-9-5-11-28-16/h1-11,22H,12H2. The van der Waals surface area contributed by atoms with Crippen LogP contribution >= 0.6 is 0 Å². The van der Waals surface area contributed by atoms with Crippen LogP contribution in [-0.4, -0.2) is 23.5 Å². The number of nitrogens with zero attached hydrogens (tertiary/aromatic N) is 3. The van der Waals surface area contributed by atoms with Crippen LogP contribution in [-0.2, 0) is 16.4 Å². The van der Waals surface area contributed by atoms with Crippen molar-refractivity contribution in [1.29, 1.82) is 0 Å². The molecule has 0 spiro atoms. The Balaban J connectivity index is 1.62. The molecule has 10 nitrogen and oxygen atoms in total. The van der Waals surface area contributed by atoms with Crippen molar-refractivity contribution >= 4 is 21.4 Å². The highest BCUT2D eigenvalue weighted by molar-refractivity contribution is 7.92. The van der Waals surface area contributed by atoms with Gasteiger partial charge in [0.2, 0.25) is 11.7 Å². The summed E-state index contributed by atoms with van der Waals surface area (Å²) in [5.41, 5.74) is 0.283. The van der Waals surface area contributed by atoms with Gasteiger partial charge in [-0.3, -0.25) is 14.8 Å². The number of hydrogen-bond acceptors (Lipinski definition) is 8. The number of furan rings is 1. The van der Waals surface area contributed by atoms with Gasteiger partial charge in [0, 0.05) is 6.07 Å². The molecule has 152 valence electrons. The molecule has 2 aromatic heterocycles. The fourth-order valence-corrected chi connectivity index (χ4v) is 4.08. The largest absolute Gasteiger partial charge is 0.461 e. The van der Waals surface area contributed by atoms with E-state index in [0.29, 0.717) is 11.3 Å². The molecule has 30 heavy (non-hydrogen) atoms. The van der Waals surface area contributed by atoms with Gasteiger partial charge in [0.25, 0.3) is 15.7 Å². The topological polar surface area (TPSA) is 141 Å². The monoisotopic (exact) mass is 426 g/mol. The van der Waals surface area contributed by atoms with Crippen LogP contribution in [0.5, 0.6) is 0 Å². The Morgan fingerprint density at radius 1 is 1.03 bits per heavy atom. The molecule has 11 heteroatoms. The number of nitro benzene ring substituents is 1. The van der Waals surface area contributed by atoms with Crippen LogP contribution < -0.4 is 4.72 Å². The normalized spacial score (nSPS) is 11.3. The summed E-state index contributed by atoms with van der Waals surface area (Å²) in [6.45, 7) is 0. The summed E-state index contributed by atoms with van der Waals surface area (Å²) in [6, 6.07) is 15.1. The molecule has 0 aliphatic carbocycles. The summed E-state index contributed by atoms with van der Waals surface area (Å²) < 4.78 is 38.5. The number of para-hydroxylation sites is 2. The van der Waals surface area contributed by atoms with Gasteiger partial charge in [-0.15, -0.1) is 0 Å². The van der Waals surface area contributed by atoms with E-state index in [1.807, 2.05) is 0 Å². The first-order valence-corrected chi connectivity index (χ1v) is 10.1. The van der Waals surface area contributed by atoms with E-state index in [0.717, 1.165) is 6.07 Å². The third-order valence-electron chi connectivity index (χ3n) is 4.16. The van der Waals surface area contributed by atoms with Crippen LogP contribution in [0.25, 0.3) is 11.6 Å². The van der Waals surface area contributed by atoms with Gasteiger partial charge >= 0.3 is 0 Å². The molecule has 0 aliphatic rings. The van der Waals surface area contributed by atoms with Crippen LogP contribution in [0.2, 0.25) is 0 Å². The average Bonchev–Trinajstić information content (AvgIpc) is 3.41. The number of nitrogens with one attached hydrogen (secondary N) is 1. The lowest BCUT2D eigenvalue weighted by molar-refractivity contribution is -0.387. The fraction of sp³-hybridized carbons (Fsp3) is 0.0526. The van der Waals surface area contributed by atoms with Crippen molar-refractivity contribution in [3.63, 3.8) is 0 Å². The van der Waals surface area contributed by atoms with Crippen LogP contribution in [0.1, 0.15) is 11.5 Å². The molecule has 0 aliphatic heterocycles. The Morgan fingerprint density at radius 3 is 2.57 bits per heavy atom. The van der Waals surface area contributed by atoms with Crippen molar-refractivity contribution in [2.75, 3.05) is 4.72 Å². The molecular weight excluding hydrogens is 412 g/mol. The lowest BCUT2D eigenvalue weighted by atomic mass is 10.1. The van der Waals surface area contributed by atoms with Gasteiger partial charge in [-0.05, 0) is 29.8 Å². The van der Waals surface area contributed by atoms with E-state index in [9.17, 15) is 18.5 Å². The van der Waals surface area contributed by atoms with Gasteiger partial charge in [0.1, 0.15) is 0 Å². The van der Waals surface area contributed by atoms with Crippen molar-refractivity contribution in [2.24, 2.45) is 0 Å². The van der Waals surface area contributed by atoms with Crippen LogP contribution in [0, 0.1) is 10.1 Å². The molecule has 0 atom stereocenters. The predicted octanol–water partition coefficient (Wildman–Crippen LogP) is 3.63. The molecular formula is C19H14N4O6S. The highest BCUT2D eigenvalue weighted by atomic mass is 32.2. The Morgan fingerprint density at radius 2 is 1.80 bits per heavy atom. The Bertz CT molecular complexity index is 1300. The van der Waals surface area contributed by atoms with E-state index >= 15 is 0 Å². The van der Waals surface area contributed by atoms with Crippen LogP contribution in [0.15, 0.2) is 80.8 Å². The quantitative estimate of drug-likeness (QED) is 0.349. The summed E-state index contributed by atoms with van der Waals surface area (Å²) in [7, 11) is -4.21. The minimum absolute atomic E-state index is 0.142. The summed E-state index contributed by atoms with van der Waals surface area (Å²) in [5.74, 6) is 0.960. The van der Waals surface area contributed by atoms with Gasteiger partial charge in [0.15, 0.2) is 10.7 Å². The summed E-state index contributed by atoms with van der Waals surface area (Å²) >= 11 is 0. The molecule has 0 radical (unpaired) electrons. The zero-order valence-electron chi connectivity index (χ0n) is 15.3.